The first-order chi connectivity index (χ1) is 11.5. The van der Waals surface area contributed by atoms with Crippen LogP contribution in [0.25, 0.3) is 0 Å². The van der Waals surface area contributed by atoms with Crippen LogP contribution in [0.5, 0.6) is 0 Å². The molecule has 1 saturated carbocycles. The van der Waals surface area contributed by atoms with Gasteiger partial charge >= 0.3 is 0 Å². The van der Waals surface area contributed by atoms with E-state index in [2.05, 4.69) is 10.0 Å². The quantitative estimate of drug-likeness (QED) is 0.871. The molecule has 2 aromatic rings. The normalized spacial score (nSPS) is 13.8. The minimum Gasteiger partial charge on any atom is -0.349 e. The maximum Gasteiger partial charge on any atom is 0.263 e. The van der Waals surface area contributed by atoms with Crippen molar-refractivity contribution in [3.05, 3.63) is 59.7 Å². The first-order valence-electron chi connectivity index (χ1n) is 7.43. The second-order valence-corrected chi connectivity index (χ2v) is 7.16. The van der Waals surface area contributed by atoms with Gasteiger partial charge in [-0.25, -0.2) is 8.42 Å². The molecule has 0 spiro atoms. The summed E-state index contributed by atoms with van der Waals surface area (Å²) in [5.41, 5.74) is 0.482. The lowest BCUT2D eigenvalue weighted by atomic mass is 10.1. The fourth-order valence-corrected chi connectivity index (χ4v) is 3.49. The number of nitrogens with one attached hydrogen (secondary N) is 2. The first kappa shape index (κ1) is 16.0. The average Bonchev–Trinajstić information content (AvgIpc) is 3.39. The third-order valence-electron chi connectivity index (χ3n) is 3.63. The Balaban J connectivity index is 1.93. The molecule has 0 bridgehead atoms. The molecule has 6 nitrogen and oxygen atoms in total. The van der Waals surface area contributed by atoms with E-state index < -0.39 is 10.0 Å². The number of carbonyl (C=O) groups is 1. The number of benzene rings is 2. The molecule has 1 aliphatic rings. The van der Waals surface area contributed by atoms with Crippen LogP contribution in [0.3, 0.4) is 0 Å². The summed E-state index contributed by atoms with van der Waals surface area (Å²) < 4.78 is 27.6. The van der Waals surface area contributed by atoms with Crippen LogP contribution >= 0.6 is 0 Å². The second kappa shape index (κ2) is 6.34. The highest BCUT2D eigenvalue weighted by Gasteiger charge is 2.26. The summed E-state index contributed by atoms with van der Waals surface area (Å²) in [6, 6.07) is 14.3. The first-order valence-corrected chi connectivity index (χ1v) is 8.91. The van der Waals surface area contributed by atoms with Crippen molar-refractivity contribution in [2.24, 2.45) is 0 Å². The van der Waals surface area contributed by atoms with E-state index in [0.29, 0.717) is 0 Å². The minimum absolute atomic E-state index is 0.0462. The smallest absolute Gasteiger partial charge is 0.263 e. The molecule has 0 unspecified atom stereocenters. The highest BCUT2D eigenvalue weighted by molar-refractivity contribution is 7.92. The fraction of sp³-hybridized carbons (Fsp3) is 0.176. The Morgan fingerprint density at radius 3 is 2.46 bits per heavy atom. The summed E-state index contributed by atoms with van der Waals surface area (Å²) in [7, 11) is -3.98. The van der Waals surface area contributed by atoms with Gasteiger partial charge in [0.2, 0.25) is 0 Å². The van der Waals surface area contributed by atoms with Crippen LogP contribution in [-0.4, -0.2) is 20.4 Å². The lowest BCUT2D eigenvalue weighted by Crippen LogP contribution is -2.27. The summed E-state index contributed by atoms with van der Waals surface area (Å²) in [5, 5.41) is 11.9. The van der Waals surface area contributed by atoms with E-state index in [1.165, 1.54) is 18.2 Å². The second-order valence-electron chi connectivity index (χ2n) is 5.51. The molecule has 3 rings (SSSR count). The van der Waals surface area contributed by atoms with Crippen molar-refractivity contribution in [2.75, 3.05) is 4.72 Å². The van der Waals surface area contributed by atoms with Gasteiger partial charge in [-0.2, -0.15) is 5.26 Å². The van der Waals surface area contributed by atoms with E-state index in [1.807, 2.05) is 6.07 Å². The minimum atomic E-state index is -3.98. The molecule has 0 heterocycles. The van der Waals surface area contributed by atoms with Gasteiger partial charge in [-0.1, -0.05) is 24.3 Å². The molecule has 2 aromatic carbocycles. The highest BCUT2D eigenvalue weighted by atomic mass is 32.2. The molecule has 122 valence electrons. The molecule has 0 aliphatic heterocycles. The Labute approximate surface area is 140 Å². The molecular formula is C17H15N3O3S. The Morgan fingerprint density at radius 1 is 1.08 bits per heavy atom. The topological polar surface area (TPSA) is 99.1 Å². The van der Waals surface area contributed by atoms with Crippen LogP contribution < -0.4 is 10.0 Å². The van der Waals surface area contributed by atoms with Crippen LogP contribution in [-0.2, 0) is 10.0 Å². The van der Waals surface area contributed by atoms with Gasteiger partial charge in [-0.3, -0.25) is 9.52 Å². The van der Waals surface area contributed by atoms with Gasteiger partial charge in [0.1, 0.15) is 11.0 Å². The van der Waals surface area contributed by atoms with Crippen molar-refractivity contribution in [3.8, 4) is 6.07 Å². The van der Waals surface area contributed by atoms with Crippen molar-refractivity contribution in [2.45, 2.75) is 23.8 Å². The van der Waals surface area contributed by atoms with Crippen molar-refractivity contribution < 1.29 is 13.2 Å². The number of nitriles is 1. The molecule has 1 aliphatic carbocycles. The third kappa shape index (κ3) is 3.39. The summed E-state index contributed by atoms with van der Waals surface area (Å²) >= 11 is 0. The molecule has 1 amide bonds. The number of hydrogen-bond donors (Lipinski definition) is 2. The zero-order valence-corrected chi connectivity index (χ0v) is 13.5. The molecular weight excluding hydrogens is 326 g/mol. The molecule has 0 aromatic heterocycles. The van der Waals surface area contributed by atoms with Crippen LogP contribution in [0.4, 0.5) is 5.69 Å². The van der Waals surface area contributed by atoms with Gasteiger partial charge in [0.15, 0.2) is 0 Å². The Bertz CT molecular complexity index is 928. The van der Waals surface area contributed by atoms with Crippen molar-refractivity contribution in [1.29, 1.82) is 5.26 Å². The number of carbonyl (C=O) groups excluding carboxylic acids is 1. The largest absolute Gasteiger partial charge is 0.349 e. The summed E-state index contributed by atoms with van der Waals surface area (Å²) in [6.07, 6.45) is 1.88. The van der Waals surface area contributed by atoms with Gasteiger partial charge in [0.05, 0.1) is 16.8 Å². The summed E-state index contributed by atoms with van der Waals surface area (Å²) in [5.74, 6) is -0.315. The highest BCUT2D eigenvalue weighted by Crippen LogP contribution is 2.24. The molecule has 0 radical (unpaired) electrons. The summed E-state index contributed by atoms with van der Waals surface area (Å²) in [4.78, 5) is 12.1. The number of amides is 1. The molecule has 7 heteroatoms. The van der Waals surface area contributed by atoms with Gasteiger partial charge < -0.3 is 5.32 Å². The Morgan fingerprint density at radius 2 is 1.75 bits per heavy atom. The standard InChI is InChI=1S/C17H15N3O3S/c18-11-12-5-1-4-8-16(12)24(22,23)20-15-7-3-2-6-14(15)17(21)19-13-9-10-13/h1-8,13,20H,9-10H2,(H,19,21). The Kier molecular flexibility index (Phi) is 4.23. The van der Waals surface area contributed by atoms with Crippen LogP contribution in [0.15, 0.2) is 53.4 Å². The van der Waals surface area contributed by atoms with Gasteiger partial charge in [0, 0.05) is 6.04 Å². The number of sulfonamides is 1. The van der Waals surface area contributed by atoms with E-state index in [1.54, 1.807) is 30.3 Å². The van der Waals surface area contributed by atoms with Gasteiger partial charge in [-0.05, 0) is 37.1 Å². The predicted molar refractivity (Wildman–Crippen MR) is 88.9 cm³/mol. The molecule has 2 N–H and O–H groups in total. The molecule has 1 fully saturated rings. The van der Waals surface area contributed by atoms with E-state index in [4.69, 9.17) is 5.26 Å². The van der Waals surface area contributed by atoms with Crippen LogP contribution in [0.2, 0.25) is 0 Å². The van der Waals surface area contributed by atoms with Crippen molar-refractivity contribution >= 4 is 21.6 Å². The molecule has 0 saturated heterocycles. The lowest BCUT2D eigenvalue weighted by Gasteiger charge is -2.13. The maximum atomic E-state index is 12.6. The fourth-order valence-electron chi connectivity index (χ4n) is 2.25. The Hall–Kier alpha value is -2.85. The van der Waals surface area contributed by atoms with Crippen molar-refractivity contribution in [1.82, 2.24) is 5.32 Å². The summed E-state index contributed by atoms with van der Waals surface area (Å²) in [6.45, 7) is 0. The number of rotatable bonds is 5. The maximum absolute atomic E-state index is 12.6. The van der Waals surface area contributed by atoms with Crippen LogP contribution in [0, 0.1) is 11.3 Å². The monoisotopic (exact) mass is 341 g/mol. The number of nitrogens with zero attached hydrogens (tertiary/aromatic N) is 1. The van der Waals surface area contributed by atoms with Gasteiger partial charge in [0.25, 0.3) is 15.9 Å². The van der Waals surface area contributed by atoms with E-state index in [0.717, 1.165) is 12.8 Å². The zero-order valence-electron chi connectivity index (χ0n) is 12.7. The lowest BCUT2D eigenvalue weighted by molar-refractivity contribution is 0.0952. The number of anilines is 1. The third-order valence-corrected chi connectivity index (χ3v) is 5.05. The van der Waals surface area contributed by atoms with E-state index in [-0.39, 0.29) is 33.7 Å². The number of para-hydroxylation sites is 1. The average molecular weight is 341 g/mol. The van der Waals surface area contributed by atoms with E-state index in [9.17, 15) is 13.2 Å². The van der Waals surface area contributed by atoms with Crippen LogP contribution in [0.1, 0.15) is 28.8 Å². The molecule has 24 heavy (non-hydrogen) atoms. The predicted octanol–water partition coefficient (Wildman–Crippen LogP) is 2.25. The van der Waals surface area contributed by atoms with Crippen molar-refractivity contribution in [3.63, 3.8) is 0 Å². The SMILES string of the molecule is N#Cc1ccccc1S(=O)(=O)Nc1ccccc1C(=O)NC1CC1. The molecule has 0 atom stereocenters. The zero-order chi connectivity index (χ0) is 17.2. The number of hydrogen-bond acceptors (Lipinski definition) is 4. The van der Waals surface area contributed by atoms with E-state index >= 15 is 0 Å². The van der Waals surface area contributed by atoms with Gasteiger partial charge in [-0.15, -0.1) is 0 Å².